The third-order valence-electron chi connectivity index (χ3n) is 4.46. The summed E-state index contributed by atoms with van der Waals surface area (Å²) in [6.07, 6.45) is 10.1. The first-order chi connectivity index (χ1) is 13.9. The van der Waals surface area contributed by atoms with Crippen molar-refractivity contribution in [2.75, 3.05) is 7.11 Å². The van der Waals surface area contributed by atoms with Gasteiger partial charge in [-0.15, -0.1) is 0 Å². The van der Waals surface area contributed by atoms with Gasteiger partial charge in [0, 0.05) is 11.8 Å². The van der Waals surface area contributed by atoms with E-state index in [9.17, 15) is 15.1 Å². The lowest BCUT2D eigenvalue weighted by atomic mass is 10.0. The Morgan fingerprint density at radius 2 is 1.83 bits per heavy atom. The summed E-state index contributed by atoms with van der Waals surface area (Å²) >= 11 is 0. The van der Waals surface area contributed by atoms with Crippen molar-refractivity contribution in [2.45, 2.75) is 13.5 Å². The number of aromatic hydroxyl groups is 1. The Bertz CT molecular complexity index is 1010. The molecular formula is C24H23NO4. The number of methoxy groups -OCH3 is 1. The Labute approximate surface area is 170 Å². The first-order valence-corrected chi connectivity index (χ1v) is 9.16. The molecule has 2 aromatic carbocycles. The molecular weight excluding hydrogens is 366 g/mol. The van der Waals surface area contributed by atoms with E-state index in [0.717, 1.165) is 27.3 Å². The van der Waals surface area contributed by atoms with Crippen LogP contribution in [0.5, 0.6) is 11.5 Å². The number of ether oxygens (including phenoxy) is 1. The number of phenolic OH excluding ortho intramolecular Hbond substituents is 1. The zero-order valence-electron chi connectivity index (χ0n) is 16.4. The zero-order valence-corrected chi connectivity index (χ0v) is 16.4. The highest BCUT2D eigenvalue weighted by molar-refractivity contribution is 6.08. The maximum absolute atomic E-state index is 12.2. The molecule has 148 valence electrons. The monoisotopic (exact) mass is 389 g/mol. The lowest BCUT2D eigenvalue weighted by Crippen LogP contribution is -2.14. The van der Waals surface area contributed by atoms with Crippen molar-refractivity contribution >= 4 is 11.9 Å². The molecule has 5 nitrogen and oxygen atoms in total. The number of allylic oxidation sites excluding steroid dienone is 6. The van der Waals surface area contributed by atoms with Crippen molar-refractivity contribution in [3.63, 3.8) is 0 Å². The molecule has 0 radical (unpaired) electrons. The van der Waals surface area contributed by atoms with Crippen LogP contribution in [-0.2, 0) is 11.3 Å². The van der Waals surface area contributed by atoms with Crippen molar-refractivity contribution in [1.82, 2.24) is 5.06 Å². The first-order valence-electron chi connectivity index (χ1n) is 9.16. The lowest BCUT2D eigenvalue weighted by Gasteiger charge is -2.14. The minimum absolute atomic E-state index is 0.0776. The third kappa shape index (κ3) is 5.46. The van der Waals surface area contributed by atoms with E-state index in [4.69, 9.17) is 4.74 Å². The molecule has 0 unspecified atom stereocenters. The third-order valence-corrected chi connectivity index (χ3v) is 4.46. The average molecular weight is 389 g/mol. The van der Waals surface area contributed by atoms with Gasteiger partial charge in [-0.05, 0) is 47.9 Å². The fraction of sp³-hybridized carbons (Fsp3) is 0.125. The molecule has 0 heterocycles. The number of carbonyl (C=O) groups excluding carboxylic acids is 1. The molecule has 0 aromatic heterocycles. The number of aryl methyl sites for hydroxylation is 1. The van der Waals surface area contributed by atoms with Crippen molar-refractivity contribution < 1.29 is 19.8 Å². The summed E-state index contributed by atoms with van der Waals surface area (Å²) in [5.74, 6) is 0.299. The Hall–Kier alpha value is -3.57. The van der Waals surface area contributed by atoms with E-state index in [1.165, 1.54) is 19.4 Å². The van der Waals surface area contributed by atoms with Crippen LogP contribution in [0.1, 0.15) is 16.7 Å². The normalized spacial score (nSPS) is 15.1. The van der Waals surface area contributed by atoms with Gasteiger partial charge in [0.15, 0.2) is 17.3 Å². The number of hydrogen-bond donors (Lipinski definition) is 2. The standard InChI is InChI=1S/C24H23NO4/c1-17-3-5-20(6-4-17)15-25(28)16-21-13-18(9-11-22(21)26)7-8-19-10-12-23(27)24(14-19)29-2/h3-14,16,27-28H,15H2,1-2H3/b8-7+,21-16?. The maximum Gasteiger partial charge on any atom is 0.187 e. The molecule has 1 aliphatic carbocycles. The molecule has 0 spiro atoms. The molecule has 2 aromatic rings. The van der Waals surface area contributed by atoms with Gasteiger partial charge in [-0.1, -0.05) is 54.1 Å². The maximum atomic E-state index is 12.2. The van der Waals surface area contributed by atoms with Gasteiger partial charge in [0.1, 0.15) is 0 Å². The molecule has 0 fully saturated rings. The molecule has 0 atom stereocenters. The number of hydroxylamine groups is 2. The van der Waals surface area contributed by atoms with Crippen molar-refractivity contribution in [2.24, 2.45) is 0 Å². The minimum Gasteiger partial charge on any atom is -0.504 e. The van der Waals surface area contributed by atoms with Crippen molar-refractivity contribution in [3.05, 3.63) is 101 Å². The highest BCUT2D eigenvalue weighted by Crippen LogP contribution is 2.27. The largest absolute Gasteiger partial charge is 0.504 e. The SMILES string of the molecule is COc1cc(/C=C/C2=CC(=CN(O)Cc3ccc(C)cc3)C(=O)C=C2)ccc1O. The van der Waals surface area contributed by atoms with Gasteiger partial charge in [0.2, 0.25) is 0 Å². The summed E-state index contributed by atoms with van der Waals surface area (Å²) in [6.45, 7) is 2.29. The predicted molar refractivity (Wildman–Crippen MR) is 113 cm³/mol. The highest BCUT2D eigenvalue weighted by Gasteiger charge is 2.11. The van der Waals surface area contributed by atoms with Crippen molar-refractivity contribution in [3.8, 4) is 11.5 Å². The summed E-state index contributed by atoms with van der Waals surface area (Å²) in [5, 5.41) is 20.9. The van der Waals surface area contributed by atoms with E-state index in [2.05, 4.69) is 0 Å². The number of nitrogens with zero attached hydrogens (tertiary/aromatic N) is 1. The quantitative estimate of drug-likeness (QED) is 0.560. The number of benzene rings is 2. The van der Waals surface area contributed by atoms with Crippen LogP contribution in [0.3, 0.4) is 0 Å². The summed E-state index contributed by atoms with van der Waals surface area (Å²) in [7, 11) is 1.49. The Morgan fingerprint density at radius 1 is 1.07 bits per heavy atom. The topological polar surface area (TPSA) is 70.0 Å². The smallest absolute Gasteiger partial charge is 0.187 e. The summed E-state index contributed by atoms with van der Waals surface area (Å²) in [5.41, 5.74) is 4.14. The molecule has 1 aliphatic rings. The van der Waals surface area contributed by atoms with Crippen LogP contribution in [0.15, 0.2) is 84.1 Å². The van der Waals surface area contributed by atoms with E-state index in [1.807, 2.05) is 43.3 Å². The molecule has 29 heavy (non-hydrogen) atoms. The molecule has 3 rings (SSSR count). The Balaban J connectivity index is 1.74. The van der Waals surface area contributed by atoms with E-state index < -0.39 is 0 Å². The number of phenols is 1. The van der Waals surface area contributed by atoms with Gasteiger partial charge >= 0.3 is 0 Å². The van der Waals surface area contributed by atoms with E-state index >= 15 is 0 Å². The highest BCUT2D eigenvalue weighted by atomic mass is 16.5. The lowest BCUT2D eigenvalue weighted by molar-refractivity contribution is -0.111. The molecule has 0 amide bonds. The van der Waals surface area contributed by atoms with Crippen LogP contribution in [-0.4, -0.2) is 28.3 Å². The number of ketones is 1. The minimum atomic E-state index is -0.170. The van der Waals surface area contributed by atoms with Crippen LogP contribution in [0, 0.1) is 6.92 Å². The van der Waals surface area contributed by atoms with Gasteiger partial charge in [-0.2, -0.15) is 0 Å². The predicted octanol–water partition coefficient (Wildman–Crippen LogP) is 4.56. The summed E-state index contributed by atoms with van der Waals surface area (Å²) < 4.78 is 5.11. The van der Waals surface area contributed by atoms with Gasteiger partial charge in [-0.3, -0.25) is 15.1 Å². The number of carbonyl (C=O) groups is 1. The first kappa shape index (κ1) is 20.2. The van der Waals surface area contributed by atoms with Gasteiger partial charge < -0.3 is 9.84 Å². The van der Waals surface area contributed by atoms with Crippen LogP contribution in [0.4, 0.5) is 0 Å². The van der Waals surface area contributed by atoms with Crippen molar-refractivity contribution in [1.29, 1.82) is 0 Å². The molecule has 0 saturated carbocycles. The molecule has 2 N–H and O–H groups in total. The molecule has 5 heteroatoms. The second-order valence-electron chi connectivity index (χ2n) is 6.77. The molecule has 0 bridgehead atoms. The second-order valence-corrected chi connectivity index (χ2v) is 6.77. The van der Waals surface area contributed by atoms with Crippen LogP contribution in [0.25, 0.3) is 6.08 Å². The fourth-order valence-electron chi connectivity index (χ4n) is 2.85. The Kier molecular flexibility index (Phi) is 6.32. The number of hydrogen-bond acceptors (Lipinski definition) is 5. The van der Waals surface area contributed by atoms with E-state index in [1.54, 1.807) is 30.4 Å². The van der Waals surface area contributed by atoms with Gasteiger partial charge in [-0.25, -0.2) is 0 Å². The second kappa shape index (κ2) is 9.08. The van der Waals surface area contributed by atoms with Crippen LogP contribution < -0.4 is 4.74 Å². The van der Waals surface area contributed by atoms with Gasteiger partial charge in [0.05, 0.1) is 13.7 Å². The summed E-state index contributed by atoms with van der Waals surface area (Å²) in [4.78, 5) is 12.2. The average Bonchev–Trinajstić information content (AvgIpc) is 2.71. The van der Waals surface area contributed by atoms with Gasteiger partial charge in [0.25, 0.3) is 0 Å². The fourth-order valence-corrected chi connectivity index (χ4v) is 2.85. The van der Waals surface area contributed by atoms with E-state index in [-0.39, 0.29) is 18.1 Å². The Morgan fingerprint density at radius 3 is 2.55 bits per heavy atom. The van der Waals surface area contributed by atoms with Crippen LogP contribution in [0.2, 0.25) is 0 Å². The van der Waals surface area contributed by atoms with E-state index in [0.29, 0.717) is 11.3 Å². The molecule has 0 aliphatic heterocycles. The zero-order chi connectivity index (χ0) is 20.8. The molecule has 0 saturated heterocycles. The van der Waals surface area contributed by atoms with Crippen LogP contribution >= 0.6 is 0 Å². The number of rotatable bonds is 6. The summed E-state index contributed by atoms with van der Waals surface area (Å²) in [6, 6.07) is 12.9.